The number of hydrogen-bond donors (Lipinski definition) is 1. The van der Waals surface area contributed by atoms with Gasteiger partial charge in [-0.3, -0.25) is 0 Å². The van der Waals surface area contributed by atoms with Crippen molar-refractivity contribution < 1.29 is 0 Å². The molecule has 1 heterocycles. The number of aromatic nitrogens is 2. The molecule has 1 rings (SSSR count). The molecule has 0 fully saturated rings. The van der Waals surface area contributed by atoms with E-state index in [1.165, 1.54) is 0 Å². The van der Waals surface area contributed by atoms with Crippen LogP contribution in [0.1, 0.15) is 32.2 Å². The van der Waals surface area contributed by atoms with E-state index in [-0.39, 0.29) is 0 Å². The van der Waals surface area contributed by atoms with E-state index < -0.39 is 0 Å². The summed E-state index contributed by atoms with van der Waals surface area (Å²) in [7, 11) is 1.88. The van der Waals surface area contributed by atoms with Crippen molar-refractivity contribution in [3.8, 4) is 0 Å². The molecule has 2 N–H and O–H groups in total. The van der Waals surface area contributed by atoms with E-state index in [2.05, 4.69) is 11.6 Å². The van der Waals surface area contributed by atoms with Crippen molar-refractivity contribution >= 4 is 18.1 Å². The lowest BCUT2D eigenvalue weighted by Gasteiger charge is -1.97. The first-order chi connectivity index (χ1) is 6.70. The molecule has 0 aliphatic heterocycles. The Bertz CT molecular complexity index is 322. The Labute approximate surface area is 86.0 Å². The van der Waals surface area contributed by atoms with Crippen LogP contribution in [-0.4, -0.2) is 9.55 Å². The number of imidazole rings is 1. The lowest BCUT2D eigenvalue weighted by atomic mass is 10.3. The fourth-order valence-electron chi connectivity index (χ4n) is 1.06. The number of anilines is 1. The van der Waals surface area contributed by atoms with Gasteiger partial charge in [-0.2, -0.15) is 0 Å². The van der Waals surface area contributed by atoms with Gasteiger partial charge in [0.15, 0.2) is 0 Å². The predicted molar refractivity (Wildman–Crippen MR) is 63.8 cm³/mol. The molecule has 0 aliphatic rings. The number of hydrogen-bond acceptors (Lipinski definition) is 2. The summed E-state index contributed by atoms with van der Waals surface area (Å²) in [5, 5.41) is 0. The highest BCUT2D eigenvalue weighted by atomic mass is 15.1. The standard InChI is InChI=1S/C9H13N3.C2H6/c1-4-6-8-7(5-2)11-9(10)12(8)3;1-2/h4-6H,2H2,1,3H3,(H2,10,11);1-2H3/b6-4-;. The second-order valence-electron chi connectivity index (χ2n) is 2.50. The molecule has 1 aromatic heterocycles. The molecule has 0 atom stereocenters. The van der Waals surface area contributed by atoms with Crippen LogP contribution in [0.5, 0.6) is 0 Å². The quantitative estimate of drug-likeness (QED) is 0.784. The molecule has 3 nitrogen and oxygen atoms in total. The molecule has 0 aromatic carbocycles. The number of nitrogens with two attached hydrogens (primary N) is 1. The predicted octanol–water partition coefficient (Wildman–Crippen LogP) is 2.70. The molecule has 0 radical (unpaired) electrons. The van der Waals surface area contributed by atoms with Gasteiger partial charge in [0.2, 0.25) is 5.95 Å². The van der Waals surface area contributed by atoms with Crippen molar-refractivity contribution in [1.82, 2.24) is 9.55 Å². The average molecular weight is 193 g/mol. The highest BCUT2D eigenvalue weighted by molar-refractivity contribution is 5.61. The second kappa shape index (κ2) is 6.02. The first kappa shape index (κ1) is 12.5. The van der Waals surface area contributed by atoms with Gasteiger partial charge in [-0.1, -0.05) is 26.5 Å². The first-order valence-electron chi connectivity index (χ1n) is 4.78. The summed E-state index contributed by atoms with van der Waals surface area (Å²) in [6.45, 7) is 9.62. The zero-order chi connectivity index (χ0) is 11.1. The zero-order valence-electron chi connectivity index (χ0n) is 9.41. The van der Waals surface area contributed by atoms with E-state index in [1.807, 2.05) is 44.5 Å². The fourth-order valence-corrected chi connectivity index (χ4v) is 1.06. The third-order valence-electron chi connectivity index (χ3n) is 1.72. The van der Waals surface area contributed by atoms with Crippen molar-refractivity contribution in [1.29, 1.82) is 0 Å². The van der Waals surface area contributed by atoms with Crippen molar-refractivity contribution in [3.63, 3.8) is 0 Å². The van der Waals surface area contributed by atoms with Gasteiger partial charge < -0.3 is 10.3 Å². The summed E-state index contributed by atoms with van der Waals surface area (Å²) in [6.07, 6.45) is 5.61. The largest absolute Gasteiger partial charge is 0.369 e. The number of nitrogens with zero attached hydrogens (tertiary/aromatic N) is 2. The molecule has 0 aliphatic carbocycles. The van der Waals surface area contributed by atoms with Crippen LogP contribution in [0, 0.1) is 0 Å². The van der Waals surface area contributed by atoms with Gasteiger partial charge in [0, 0.05) is 7.05 Å². The molecular formula is C11H19N3. The summed E-state index contributed by atoms with van der Waals surface area (Å²) in [4.78, 5) is 4.12. The highest BCUT2D eigenvalue weighted by Crippen LogP contribution is 2.14. The van der Waals surface area contributed by atoms with Gasteiger partial charge in [0.05, 0.1) is 11.4 Å². The molecule has 0 saturated heterocycles. The second-order valence-corrected chi connectivity index (χ2v) is 2.50. The lowest BCUT2D eigenvalue weighted by Crippen LogP contribution is -1.98. The fraction of sp³-hybridized carbons (Fsp3) is 0.364. The molecule has 0 saturated carbocycles. The lowest BCUT2D eigenvalue weighted by molar-refractivity contribution is 0.918. The topological polar surface area (TPSA) is 43.8 Å². The summed E-state index contributed by atoms with van der Waals surface area (Å²) < 4.78 is 1.83. The van der Waals surface area contributed by atoms with Gasteiger partial charge in [0.1, 0.15) is 0 Å². The monoisotopic (exact) mass is 193 g/mol. The number of allylic oxidation sites excluding steroid dienone is 1. The first-order valence-corrected chi connectivity index (χ1v) is 4.78. The van der Waals surface area contributed by atoms with Crippen LogP contribution >= 0.6 is 0 Å². The van der Waals surface area contributed by atoms with Crippen LogP contribution < -0.4 is 5.73 Å². The smallest absolute Gasteiger partial charge is 0.200 e. The van der Waals surface area contributed by atoms with Crippen LogP contribution in [0.2, 0.25) is 0 Å². The van der Waals surface area contributed by atoms with E-state index in [0.717, 1.165) is 11.4 Å². The maximum Gasteiger partial charge on any atom is 0.200 e. The third kappa shape index (κ3) is 2.49. The minimum atomic E-state index is 0.512. The van der Waals surface area contributed by atoms with Crippen molar-refractivity contribution in [3.05, 3.63) is 24.0 Å². The van der Waals surface area contributed by atoms with E-state index in [1.54, 1.807) is 6.08 Å². The van der Waals surface area contributed by atoms with Gasteiger partial charge in [-0.15, -0.1) is 0 Å². The normalized spacial score (nSPS) is 9.71. The molecule has 1 aromatic rings. The van der Waals surface area contributed by atoms with Crippen LogP contribution in [-0.2, 0) is 7.05 Å². The summed E-state index contributed by atoms with van der Waals surface area (Å²) in [5.41, 5.74) is 7.44. The SMILES string of the molecule is C=Cc1nc(N)n(C)c1/C=C\C.CC. The molecule has 0 amide bonds. The molecule has 78 valence electrons. The Morgan fingerprint density at radius 2 is 2.00 bits per heavy atom. The minimum absolute atomic E-state index is 0.512. The molecule has 0 unspecified atom stereocenters. The maximum atomic E-state index is 5.62. The summed E-state index contributed by atoms with van der Waals surface area (Å²) in [5.74, 6) is 0.512. The van der Waals surface area contributed by atoms with Gasteiger partial charge in [0.25, 0.3) is 0 Å². The molecular weight excluding hydrogens is 174 g/mol. The van der Waals surface area contributed by atoms with E-state index in [0.29, 0.717) is 5.95 Å². The van der Waals surface area contributed by atoms with Crippen LogP contribution in [0.25, 0.3) is 12.2 Å². The minimum Gasteiger partial charge on any atom is -0.369 e. The average Bonchev–Trinajstić information content (AvgIpc) is 2.49. The van der Waals surface area contributed by atoms with Gasteiger partial charge >= 0.3 is 0 Å². The Kier molecular flexibility index (Phi) is 5.37. The van der Waals surface area contributed by atoms with Crippen molar-refractivity contribution in [2.24, 2.45) is 7.05 Å². The molecule has 3 heteroatoms. The Morgan fingerprint density at radius 1 is 1.43 bits per heavy atom. The van der Waals surface area contributed by atoms with E-state index in [4.69, 9.17) is 5.73 Å². The maximum absolute atomic E-state index is 5.62. The highest BCUT2D eigenvalue weighted by Gasteiger charge is 2.05. The molecule has 0 spiro atoms. The summed E-state index contributed by atoms with van der Waals surface area (Å²) in [6, 6.07) is 0. The van der Waals surface area contributed by atoms with E-state index in [9.17, 15) is 0 Å². The van der Waals surface area contributed by atoms with Crippen molar-refractivity contribution in [2.75, 3.05) is 5.73 Å². The zero-order valence-corrected chi connectivity index (χ0v) is 9.41. The Morgan fingerprint density at radius 3 is 2.43 bits per heavy atom. The van der Waals surface area contributed by atoms with Gasteiger partial charge in [-0.05, 0) is 19.1 Å². The number of nitrogen functional groups attached to an aromatic ring is 1. The summed E-state index contributed by atoms with van der Waals surface area (Å²) >= 11 is 0. The van der Waals surface area contributed by atoms with Crippen LogP contribution in [0.4, 0.5) is 5.95 Å². The van der Waals surface area contributed by atoms with Crippen LogP contribution in [0.15, 0.2) is 12.7 Å². The molecule has 0 bridgehead atoms. The van der Waals surface area contributed by atoms with Crippen molar-refractivity contribution in [2.45, 2.75) is 20.8 Å². The Hall–Kier alpha value is -1.51. The van der Waals surface area contributed by atoms with E-state index >= 15 is 0 Å². The van der Waals surface area contributed by atoms with Crippen LogP contribution in [0.3, 0.4) is 0 Å². The Balaban J connectivity index is 0.000000791. The third-order valence-corrected chi connectivity index (χ3v) is 1.72. The molecule has 14 heavy (non-hydrogen) atoms. The van der Waals surface area contributed by atoms with Gasteiger partial charge in [-0.25, -0.2) is 4.98 Å². The number of rotatable bonds is 2.